The van der Waals surface area contributed by atoms with E-state index in [2.05, 4.69) is 11.1 Å². The number of ether oxygens (including phenoxy) is 1. The van der Waals surface area contributed by atoms with Gasteiger partial charge in [-0.2, -0.15) is 0 Å². The number of pyridine rings is 1. The average Bonchev–Trinajstić information content (AvgIpc) is 2.80. The van der Waals surface area contributed by atoms with Gasteiger partial charge in [0.1, 0.15) is 0 Å². The number of fused-ring (bicyclic) bond motifs is 1. The third-order valence-corrected chi connectivity index (χ3v) is 3.30. The number of hydrogen-bond acceptors (Lipinski definition) is 3. The third kappa shape index (κ3) is 1.68. The molecule has 0 N–H and O–H groups in total. The summed E-state index contributed by atoms with van der Waals surface area (Å²) in [5, 5.41) is 0. The van der Waals surface area contributed by atoms with Crippen LogP contribution >= 0.6 is 0 Å². The lowest BCUT2D eigenvalue weighted by atomic mass is 10.0. The molecule has 1 aromatic heterocycles. The van der Waals surface area contributed by atoms with Crippen molar-refractivity contribution < 1.29 is 9.53 Å². The van der Waals surface area contributed by atoms with Crippen LogP contribution in [0.25, 0.3) is 11.1 Å². The molecule has 0 saturated carbocycles. The highest BCUT2D eigenvalue weighted by atomic mass is 16.5. The fourth-order valence-electron chi connectivity index (χ4n) is 2.40. The average molecular weight is 239 g/mol. The Morgan fingerprint density at radius 2 is 2.06 bits per heavy atom. The second kappa shape index (κ2) is 4.26. The number of rotatable bonds is 2. The number of ketones is 1. The Morgan fingerprint density at radius 3 is 2.89 bits per heavy atom. The lowest BCUT2D eigenvalue weighted by Crippen LogP contribution is -1.93. The summed E-state index contributed by atoms with van der Waals surface area (Å²) in [6.45, 7) is 0. The summed E-state index contributed by atoms with van der Waals surface area (Å²) in [5.41, 5.74) is 4.00. The maximum Gasteiger partial charge on any atom is 0.221 e. The van der Waals surface area contributed by atoms with E-state index in [1.807, 2.05) is 24.3 Å². The van der Waals surface area contributed by atoms with Crippen LogP contribution in [-0.2, 0) is 6.42 Å². The second-order valence-corrected chi connectivity index (χ2v) is 4.36. The quantitative estimate of drug-likeness (QED) is 0.808. The normalized spacial score (nSPS) is 13.5. The molecule has 0 spiro atoms. The molecule has 3 heteroatoms. The molecule has 0 saturated heterocycles. The summed E-state index contributed by atoms with van der Waals surface area (Å²) in [6.07, 6.45) is 3.17. The van der Waals surface area contributed by atoms with Crippen LogP contribution in [0.2, 0.25) is 0 Å². The molecule has 90 valence electrons. The Labute approximate surface area is 105 Å². The van der Waals surface area contributed by atoms with Crippen molar-refractivity contribution in [3.05, 3.63) is 47.7 Å². The van der Waals surface area contributed by atoms with Crippen LogP contribution in [-0.4, -0.2) is 17.9 Å². The van der Waals surface area contributed by atoms with Gasteiger partial charge in [-0.15, -0.1) is 0 Å². The van der Waals surface area contributed by atoms with E-state index in [1.54, 1.807) is 13.3 Å². The fourth-order valence-corrected chi connectivity index (χ4v) is 2.40. The van der Waals surface area contributed by atoms with Gasteiger partial charge in [-0.25, -0.2) is 4.98 Å². The molecule has 0 radical (unpaired) electrons. The molecule has 3 nitrogen and oxygen atoms in total. The first-order valence-electron chi connectivity index (χ1n) is 5.95. The van der Waals surface area contributed by atoms with Crippen molar-refractivity contribution in [2.45, 2.75) is 12.8 Å². The van der Waals surface area contributed by atoms with Gasteiger partial charge in [-0.05, 0) is 29.7 Å². The lowest BCUT2D eigenvalue weighted by molar-refractivity contribution is 0.0994. The first-order chi connectivity index (χ1) is 8.79. The number of benzene rings is 1. The highest BCUT2D eigenvalue weighted by Crippen LogP contribution is 2.31. The van der Waals surface area contributed by atoms with Crippen LogP contribution < -0.4 is 4.74 Å². The molecular formula is C15H13NO2. The molecule has 0 fully saturated rings. The number of carbonyl (C=O) groups excluding carboxylic acids is 1. The molecule has 0 aliphatic heterocycles. The Morgan fingerprint density at radius 1 is 1.17 bits per heavy atom. The second-order valence-electron chi connectivity index (χ2n) is 4.36. The first kappa shape index (κ1) is 11.0. The molecule has 18 heavy (non-hydrogen) atoms. The number of nitrogens with zero attached hydrogens (tertiary/aromatic N) is 1. The van der Waals surface area contributed by atoms with Gasteiger partial charge in [0.15, 0.2) is 5.78 Å². The number of aromatic nitrogens is 1. The summed E-state index contributed by atoms with van der Waals surface area (Å²) >= 11 is 0. The topological polar surface area (TPSA) is 39.2 Å². The van der Waals surface area contributed by atoms with Crippen molar-refractivity contribution in [2.24, 2.45) is 0 Å². The molecule has 1 aliphatic rings. The summed E-state index contributed by atoms with van der Waals surface area (Å²) in [5.74, 6) is 0.858. The van der Waals surface area contributed by atoms with Gasteiger partial charge in [0.25, 0.3) is 0 Å². The van der Waals surface area contributed by atoms with E-state index in [-0.39, 0.29) is 5.78 Å². The fraction of sp³-hybridized carbons (Fsp3) is 0.200. The number of carbonyl (C=O) groups is 1. The molecule has 3 rings (SSSR count). The van der Waals surface area contributed by atoms with Gasteiger partial charge in [0.05, 0.1) is 7.11 Å². The van der Waals surface area contributed by atoms with Gasteiger partial charge in [0.2, 0.25) is 5.88 Å². The van der Waals surface area contributed by atoms with E-state index < -0.39 is 0 Å². The molecule has 2 aromatic rings. The minimum Gasteiger partial charge on any atom is -0.481 e. The zero-order valence-corrected chi connectivity index (χ0v) is 10.1. The van der Waals surface area contributed by atoms with Crippen LogP contribution in [0.5, 0.6) is 5.88 Å². The summed E-state index contributed by atoms with van der Waals surface area (Å²) in [7, 11) is 1.61. The Kier molecular flexibility index (Phi) is 2.59. The van der Waals surface area contributed by atoms with Crippen LogP contribution in [0, 0.1) is 0 Å². The standard InChI is InChI=1S/C15H13NO2/c1-18-15-13(3-2-8-16-15)11-4-6-12-10(9-11)5-7-14(12)17/h2-4,6,8-9H,5,7H2,1H3. The van der Waals surface area contributed by atoms with E-state index in [0.29, 0.717) is 12.3 Å². The Hall–Kier alpha value is -2.16. The van der Waals surface area contributed by atoms with Gasteiger partial charge < -0.3 is 4.74 Å². The predicted molar refractivity (Wildman–Crippen MR) is 68.9 cm³/mol. The van der Waals surface area contributed by atoms with Crippen molar-refractivity contribution >= 4 is 5.78 Å². The highest BCUT2D eigenvalue weighted by molar-refractivity contribution is 6.01. The van der Waals surface area contributed by atoms with E-state index in [0.717, 1.165) is 28.7 Å². The number of Topliss-reactive ketones (excluding diaryl/α,β-unsaturated/α-hetero) is 1. The number of aryl methyl sites for hydroxylation is 1. The predicted octanol–water partition coefficient (Wildman–Crippen LogP) is 2.89. The molecule has 0 unspecified atom stereocenters. The third-order valence-electron chi connectivity index (χ3n) is 3.30. The minimum absolute atomic E-state index is 0.245. The van der Waals surface area contributed by atoms with E-state index >= 15 is 0 Å². The summed E-state index contributed by atoms with van der Waals surface area (Å²) in [4.78, 5) is 15.8. The monoisotopic (exact) mass is 239 g/mol. The zero-order valence-electron chi connectivity index (χ0n) is 10.1. The Bertz CT molecular complexity index is 620. The number of methoxy groups -OCH3 is 1. The molecule has 1 heterocycles. The first-order valence-corrected chi connectivity index (χ1v) is 5.95. The van der Waals surface area contributed by atoms with Gasteiger partial charge in [0, 0.05) is 23.7 Å². The molecule has 1 aromatic carbocycles. The minimum atomic E-state index is 0.245. The SMILES string of the molecule is COc1ncccc1-c1ccc2c(c1)CCC2=O. The van der Waals surface area contributed by atoms with Crippen LogP contribution in [0.15, 0.2) is 36.5 Å². The van der Waals surface area contributed by atoms with Crippen molar-refractivity contribution in [1.29, 1.82) is 0 Å². The summed E-state index contributed by atoms with van der Waals surface area (Å²) in [6, 6.07) is 9.80. The van der Waals surface area contributed by atoms with Gasteiger partial charge in [-0.1, -0.05) is 18.2 Å². The maximum atomic E-state index is 11.6. The van der Waals surface area contributed by atoms with Gasteiger partial charge >= 0.3 is 0 Å². The highest BCUT2D eigenvalue weighted by Gasteiger charge is 2.20. The largest absolute Gasteiger partial charge is 0.481 e. The zero-order chi connectivity index (χ0) is 12.5. The van der Waals surface area contributed by atoms with Crippen molar-refractivity contribution in [1.82, 2.24) is 4.98 Å². The molecule has 0 amide bonds. The van der Waals surface area contributed by atoms with E-state index in [9.17, 15) is 4.79 Å². The van der Waals surface area contributed by atoms with Crippen LogP contribution in [0.1, 0.15) is 22.3 Å². The van der Waals surface area contributed by atoms with Crippen molar-refractivity contribution in [3.63, 3.8) is 0 Å². The Balaban J connectivity index is 2.11. The van der Waals surface area contributed by atoms with Crippen molar-refractivity contribution in [2.75, 3.05) is 7.11 Å². The van der Waals surface area contributed by atoms with Gasteiger partial charge in [-0.3, -0.25) is 4.79 Å². The number of hydrogen-bond donors (Lipinski definition) is 0. The molecule has 0 bridgehead atoms. The summed E-state index contributed by atoms with van der Waals surface area (Å²) < 4.78 is 5.26. The smallest absolute Gasteiger partial charge is 0.221 e. The van der Waals surface area contributed by atoms with E-state index in [4.69, 9.17) is 4.74 Å². The molecule has 0 atom stereocenters. The maximum absolute atomic E-state index is 11.6. The van der Waals surface area contributed by atoms with Crippen LogP contribution in [0.3, 0.4) is 0 Å². The van der Waals surface area contributed by atoms with Crippen molar-refractivity contribution in [3.8, 4) is 17.0 Å². The molecular weight excluding hydrogens is 226 g/mol. The van der Waals surface area contributed by atoms with Crippen LogP contribution in [0.4, 0.5) is 0 Å². The lowest BCUT2D eigenvalue weighted by Gasteiger charge is -2.08. The molecule has 1 aliphatic carbocycles. The van der Waals surface area contributed by atoms with E-state index in [1.165, 1.54) is 0 Å².